The zero-order valence-electron chi connectivity index (χ0n) is 20.7. The minimum Gasteiger partial charge on any atom is -0.361 e. The molecule has 6 heteroatoms. The summed E-state index contributed by atoms with van der Waals surface area (Å²) in [4.78, 5) is 15.0. The number of carbonyl (C=O) groups is 1. The second-order valence-electron chi connectivity index (χ2n) is 9.37. The Balaban J connectivity index is 1.44. The molecule has 0 aliphatic heterocycles. The van der Waals surface area contributed by atoms with Crippen molar-refractivity contribution in [2.75, 3.05) is 5.32 Å². The lowest BCUT2D eigenvalue weighted by Crippen LogP contribution is -2.24. The molecule has 0 fully saturated rings. The van der Waals surface area contributed by atoms with Gasteiger partial charge in [-0.15, -0.1) is 0 Å². The number of nitrogens with one attached hydrogen (secondary N) is 3. The van der Waals surface area contributed by atoms with Crippen molar-refractivity contribution in [3.8, 4) is 16.8 Å². The number of benzene rings is 4. The van der Waals surface area contributed by atoms with Gasteiger partial charge in [0, 0.05) is 41.0 Å². The number of aromatic amines is 1. The van der Waals surface area contributed by atoms with Crippen LogP contribution < -0.4 is 10.9 Å². The smallest absolute Gasteiger partial charge is 0.221 e. The maximum atomic E-state index is 11.7. The van der Waals surface area contributed by atoms with Gasteiger partial charge in [0.15, 0.2) is 0 Å². The highest BCUT2D eigenvalue weighted by molar-refractivity contribution is 5.94. The minimum absolute atomic E-state index is 0.0979. The number of nitrogens with zero attached hydrogens (tertiary/aromatic N) is 2. The number of carbonyl (C=O) groups excluding carboxylic acids is 1. The molecule has 2 heterocycles. The number of anilines is 1. The summed E-state index contributed by atoms with van der Waals surface area (Å²) in [6.45, 7) is 4.16. The molecular weight excluding hydrogens is 458 g/mol. The van der Waals surface area contributed by atoms with Crippen molar-refractivity contribution >= 4 is 33.5 Å². The number of H-pyrrole nitrogens is 1. The zero-order valence-corrected chi connectivity index (χ0v) is 20.7. The number of hydrogen-bond donors (Lipinski definition) is 3. The van der Waals surface area contributed by atoms with E-state index in [2.05, 4.69) is 69.5 Å². The molecule has 0 aliphatic carbocycles. The van der Waals surface area contributed by atoms with Gasteiger partial charge in [-0.1, -0.05) is 48.0 Å². The third-order valence-corrected chi connectivity index (χ3v) is 6.82. The molecule has 1 amide bonds. The van der Waals surface area contributed by atoms with Crippen LogP contribution in [0, 0.1) is 12.3 Å². The van der Waals surface area contributed by atoms with E-state index in [0.29, 0.717) is 12.2 Å². The Morgan fingerprint density at radius 2 is 1.70 bits per heavy atom. The van der Waals surface area contributed by atoms with Gasteiger partial charge in [-0.3, -0.25) is 14.8 Å². The molecule has 0 unspecified atom stereocenters. The molecule has 2 aromatic heterocycles. The standard InChI is InChI=1S/C31H27N5O/c1-20-10-15-28(34-21(2)37)26(18-20)22-11-13-24(14-12-22)36-30-9-4-3-8-29(30)35(31(36)32)19-23-6-5-7-27-25(23)16-17-33-27/h3-18,32-33H,19H2,1-2H3,(H,34,37). The van der Waals surface area contributed by atoms with Crippen molar-refractivity contribution in [3.05, 3.63) is 114 Å². The van der Waals surface area contributed by atoms with E-state index in [-0.39, 0.29) is 5.91 Å². The highest BCUT2D eigenvalue weighted by atomic mass is 16.1. The van der Waals surface area contributed by atoms with Crippen molar-refractivity contribution < 1.29 is 4.79 Å². The number of rotatable bonds is 5. The molecule has 0 spiro atoms. The third-order valence-electron chi connectivity index (χ3n) is 6.82. The fourth-order valence-electron chi connectivity index (χ4n) is 5.10. The van der Waals surface area contributed by atoms with Gasteiger partial charge < -0.3 is 14.9 Å². The van der Waals surface area contributed by atoms with Crippen LogP contribution in [0.5, 0.6) is 0 Å². The van der Waals surface area contributed by atoms with E-state index in [1.54, 1.807) is 0 Å². The Hall–Kier alpha value is -4.84. The lowest BCUT2D eigenvalue weighted by atomic mass is 10.0. The predicted molar refractivity (Wildman–Crippen MR) is 149 cm³/mol. The Bertz CT molecular complexity index is 1840. The van der Waals surface area contributed by atoms with Crippen LogP contribution >= 0.6 is 0 Å². The summed E-state index contributed by atoms with van der Waals surface area (Å²) < 4.78 is 4.04. The maximum absolute atomic E-state index is 11.7. The molecule has 0 saturated heterocycles. The Kier molecular flexibility index (Phi) is 5.49. The van der Waals surface area contributed by atoms with Gasteiger partial charge >= 0.3 is 0 Å². The quantitative estimate of drug-likeness (QED) is 0.260. The lowest BCUT2D eigenvalue weighted by Gasteiger charge is -2.12. The van der Waals surface area contributed by atoms with Crippen LogP contribution in [-0.4, -0.2) is 20.0 Å². The molecule has 6 aromatic rings. The van der Waals surface area contributed by atoms with Gasteiger partial charge in [0.05, 0.1) is 17.6 Å². The number of para-hydroxylation sites is 2. The van der Waals surface area contributed by atoms with Crippen LogP contribution in [0.15, 0.2) is 97.2 Å². The summed E-state index contributed by atoms with van der Waals surface area (Å²) in [6.07, 6.45) is 1.96. The fourth-order valence-corrected chi connectivity index (χ4v) is 5.10. The highest BCUT2D eigenvalue weighted by Crippen LogP contribution is 2.30. The van der Waals surface area contributed by atoms with Crippen LogP contribution in [0.25, 0.3) is 38.8 Å². The first-order valence-corrected chi connectivity index (χ1v) is 12.3. The highest BCUT2D eigenvalue weighted by Gasteiger charge is 2.14. The molecule has 0 bridgehead atoms. The molecule has 4 aromatic carbocycles. The van der Waals surface area contributed by atoms with E-state index in [1.165, 1.54) is 17.9 Å². The first-order valence-electron chi connectivity index (χ1n) is 12.3. The monoisotopic (exact) mass is 485 g/mol. The normalized spacial score (nSPS) is 11.3. The van der Waals surface area contributed by atoms with Gasteiger partial charge in [0.25, 0.3) is 0 Å². The SMILES string of the molecule is CC(=O)Nc1ccc(C)cc1-c1ccc(-n2c(=N)n(Cc3cccc4[nH]ccc34)c3ccccc32)cc1. The molecular formula is C31H27N5O. The maximum Gasteiger partial charge on any atom is 0.221 e. The van der Waals surface area contributed by atoms with Crippen LogP contribution in [0.2, 0.25) is 0 Å². The van der Waals surface area contributed by atoms with E-state index in [4.69, 9.17) is 5.41 Å². The van der Waals surface area contributed by atoms with E-state index in [1.807, 2.05) is 54.1 Å². The van der Waals surface area contributed by atoms with Crippen LogP contribution in [0.3, 0.4) is 0 Å². The van der Waals surface area contributed by atoms with Gasteiger partial charge in [-0.2, -0.15) is 0 Å². The number of amides is 1. The van der Waals surface area contributed by atoms with Crippen LogP contribution in [-0.2, 0) is 11.3 Å². The first-order chi connectivity index (χ1) is 18.0. The Morgan fingerprint density at radius 3 is 2.49 bits per heavy atom. The van der Waals surface area contributed by atoms with Gasteiger partial charge in [-0.05, 0) is 66.6 Å². The number of aryl methyl sites for hydroxylation is 1. The summed E-state index contributed by atoms with van der Waals surface area (Å²) >= 11 is 0. The largest absolute Gasteiger partial charge is 0.361 e. The Morgan fingerprint density at radius 1 is 0.919 bits per heavy atom. The molecule has 0 radical (unpaired) electrons. The van der Waals surface area contributed by atoms with Crippen molar-refractivity contribution in [2.24, 2.45) is 0 Å². The average molecular weight is 486 g/mol. The van der Waals surface area contributed by atoms with E-state index >= 15 is 0 Å². The van der Waals surface area contributed by atoms with Crippen molar-refractivity contribution in [2.45, 2.75) is 20.4 Å². The number of hydrogen-bond acceptors (Lipinski definition) is 2. The van der Waals surface area contributed by atoms with Crippen LogP contribution in [0.4, 0.5) is 5.69 Å². The summed E-state index contributed by atoms with van der Waals surface area (Å²) in [5.74, 6) is -0.0979. The summed E-state index contributed by atoms with van der Waals surface area (Å²) in [7, 11) is 0. The predicted octanol–water partition coefficient (Wildman–Crippen LogP) is 6.37. The van der Waals surface area contributed by atoms with Crippen molar-refractivity contribution in [3.63, 3.8) is 0 Å². The lowest BCUT2D eigenvalue weighted by molar-refractivity contribution is -0.114. The third kappa shape index (κ3) is 4.02. The molecule has 37 heavy (non-hydrogen) atoms. The molecule has 0 atom stereocenters. The van der Waals surface area contributed by atoms with Crippen molar-refractivity contribution in [1.29, 1.82) is 5.41 Å². The summed E-state index contributed by atoms with van der Waals surface area (Å²) in [5.41, 5.74) is 9.47. The van der Waals surface area contributed by atoms with E-state index in [9.17, 15) is 4.79 Å². The molecule has 6 nitrogen and oxygen atoms in total. The fraction of sp³-hybridized carbons (Fsp3) is 0.0968. The van der Waals surface area contributed by atoms with E-state index in [0.717, 1.165) is 44.6 Å². The molecule has 0 aliphatic rings. The summed E-state index contributed by atoms with van der Waals surface area (Å²) in [6, 6.07) is 30.7. The van der Waals surface area contributed by atoms with Gasteiger partial charge in [0.1, 0.15) is 0 Å². The van der Waals surface area contributed by atoms with Gasteiger partial charge in [-0.25, -0.2) is 0 Å². The Labute approximate surface area is 214 Å². The number of fused-ring (bicyclic) bond motifs is 2. The summed E-state index contributed by atoms with van der Waals surface area (Å²) in [5, 5.41) is 13.3. The number of aromatic nitrogens is 3. The first kappa shape index (κ1) is 22.6. The minimum atomic E-state index is -0.0979. The molecule has 0 saturated carbocycles. The second-order valence-corrected chi connectivity index (χ2v) is 9.37. The second kappa shape index (κ2) is 8.99. The molecule has 3 N–H and O–H groups in total. The zero-order chi connectivity index (χ0) is 25.5. The van der Waals surface area contributed by atoms with Gasteiger partial charge in [0.2, 0.25) is 11.5 Å². The average Bonchev–Trinajstić information content (AvgIpc) is 3.49. The molecule has 6 rings (SSSR count). The number of imidazole rings is 1. The van der Waals surface area contributed by atoms with Crippen LogP contribution in [0.1, 0.15) is 18.1 Å². The topological polar surface area (TPSA) is 78.6 Å². The van der Waals surface area contributed by atoms with E-state index < -0.39 is 0 Å². The van der Waals surface area contributed by atoms with Crippen molar-refractivity contribution in [1.82, 2.24) is 14.1 Å². The molecule has 182 valence electrons.